The van der Waals surface area contributed by atoms with Crippen molar-refractivity contribution < 1.29 is 27.2 Å². The molecule has 3 aromatic rings. The number of nitrogens with one attached hydrogen (secondary N) is 1. The molecule has 1 saturated carbocycles. The van der Waals surface area contributed by atoms with Crippen molar-refractivity contribution in [1.82, 2.24) is 19.4 Å². The molecule has 2 fully saturated rings. The number of nitrogens with zero attached hydrogens (tertiary/aromatic N) is 5. The van der Waals surface area contributed by atoms with Gasteiger partial charge in [0.1, 0.15) is 5.82 Å². The number of aryl methyl sites for hydroxylation is 1. The van der Waals surface area contributed by atoms with Crippen LogP contribution in [0.4, 0.5) is 28.9 Å². The maximum Gasteiger partial charge on any atom is 0.417 e. The van der Waals surface area contributed by atoms with Gasteiger partial charge in [0.2, 0.25) is 0 Å². The molecule has 5 rings (SSSR count). The Morgan fingerprint density at radius 2 is 1.77 bits per heavy atom. The number of anilines is 2. The molecular formula is C30H34F4N6O3S. The number of halogens is 4. The highest BCUT2D eigenvalue weighted by Crippen LogP contribution is 2.38. The van der Waals surface area contributed by atoms with Crippen molar-refractivity contribution in [2.75, 3.05) is 43.9 Å². The van der Waals surface area contributed by atoms with Crippen molar-refractivity contribution >= 4 is 34.5 Å². The van der Waals surface area contributed by atoms with Crippen LogP contribution in [0.25, 0.3) is 11.3 Å². The van der Waals surface area contributed by atoms with Crippen LogP contribution >= 0.6 is 11.3 Å². The number of piperazine rings is 1. The van der Waals surface area contributed by atoms with E-state index in [0.717, 1.165) is 34.9 Å². The molecule has 0 spiro atoms. The molecule has 3 heterocycles. The van der Waals surface area contributed by atoms with E-state index in [9.17, 15) is 27.6 Å². The van der Waals surface area contributed by atoms with Crippen LogP contribution in [-0.4, -0.2) is 77.0 Å². The first kappa shape index (κ1) is 31.6. The summed E-state index contributed by atoms with van der Waals surface area (Å²) in [4.78, 5) is 48.4. The van der Waals surface area contributed by atoms with E-state index < -0.39 is 34.6 Å². The van der Waals surface area contributed by atoms with Gasteiger partial charge in [-0.15, -0.1) is 11.3 Å². The smallest absolute Gasteiger partial charge is 0.367 e. The lowest BCUT2D eigenvalue weighted by molar-refractivity contribution is -0.138. The number of alkyl halides is 3. The Labute approximate surface area is 256 Å². The third kappa shape index (κ3) is 6.50. The highest BCUT2D eigenvalue weighted by atomic mass is 32.1. The molecular weight excluding hydrogens is 600 g/mol. The SMILES string of the molecule is C[C@@H]1CN(c2cc(F)c(-c3csc(C(=O)N(C)CC4CC4)n3)cc2NC(=O)c2cn(C)c(=O)cc2C(F)(F)F)C[C@H](C)N1C. The van der Waals surface area contributed by atoms with Gasteiger partial charge in [0.25, 0.3) is 17.4 Å². The number of thiazole rings is 1. The second-order valence-electron chi connectivity index (χ2n) is 11.8. The van der Waals surface area contributed by atoms with Crippen LogP contribution in [0.2, 0.25) is 0 Å². The van der Waals surface area contributed by atoms with E-state index in [1.165, 1.54) is 24.6 Å². The zero-order valence-corrected chi connectivity index (χ0v) is 25.9. The molecule has 2 amide bonds. The zero-order chi connectivity index (χ0) is 32.1. The minimum absolute atomic E-state index is 0.0177. The number of hydrogen-bond donors (Lipinski definition) is 1. The molecule has 0 bridgehead atoms. The van der Waals surface area contributed by atoms with Crippen LogP contribution in [0.1, 0.15) is 52.4 Å². The van der Waals surface area contributed by atoms with Crippen molar-refractivity contribution in [1.29, 1.82) is 0 Å². The number of pyridine rings is 1. The Bertz CT molecular complexity index is 1640. The van der Waals surface area contributed by atoms with Gasteiger partial charge >= 0.3 is 6.18 Å². The van der Waals surface area contributed by atoms with Gasteiger partial charge in [-0.3, -0.25) is 19.3 Å². The minimum atomic E-state index is -4.96. The van der Waals surface area contributed by atoms with Gasteiger partial charge in [0, 0.05) is 75.1 Å². The van der Waals surface area contributed by atoms with Crippen molar-refractivity contribution in [3.8, 4) is 11.3 Å². The third-order valence-electron chi connectivity index (χ3n) is 8.35. The Morgan fingerprint density at radius 1 is 1.11 bits per heavy atom. The lowest BCUT2D eigenvalue weighted by Gasteiger charge is -2.44. The van der Waals surface area contributed by atoms with E-state index in [1.807, 2.05) is 25.8 Å². The van der Waals surface area contributed by atoms with Crippen molar-refractivity contribution in [2.24, 2.45) is 13.0 Å². The normalized spacial score (nSPS) is 19.2. The van der Waals surface area contributed by atoms with Crippen molar-refractivity contribution in [3.63, 3.8) is 0 Å². The number of hydrogen-bond acceptors (Lipinski definition) is 7. The van der Waals surface area contributed by atoms with Gasteiger partial charge in [0.15, 0.2) is 5.01 Å². The average molecular weight is 635 g/mol. The standard InChI is InChI=1S/C30H34F4N6O3S/c1-16-11-40(12-17(2)39(16)5)25-10-22(31)19(24-15-44-28(36-24)29(43)38(4)13-18-6-7-18)8-23(25)35-27(42)20-14-37(3)26(41)9-21(20)30(32,33)34/h8-10,14-18H,6-7,11-13H2,1-5H3,(H,35,42)/t16-,17+. The highest BCUT2D eigenvalue weighted by molar-refractivity contribution is 7.12. The predicted octanol–water partition coefficient (Wildman–Crippen LogP) is 4.93. The summed E-state index contributed by atoms with van der Waals surface area (Å²) in [5, 5.41) is 4.28. The van der Waals surface area contributed by atoms with Gasteiger partial charge in [-0.25, -0.2) is 9.37 Å². The molecule has 236 valence electrons. The summed E-state index contributed by atoms with van der Waals surface area (Å²) >= 11 is 1.06. The summed E-state index contributed by atoms with van der Waals surface area (Å²) in [5.41, 5.74) is -2.54. The molecule has 9 nitrogen and oxygen atoms in total. The maximum absolute atomic E-state index is 15.8. The Balaban J connectivity index is 1.55. The summed E-state index contributed by atoms with van der Waals surface area (Å²) < 4.78 is 58.3. The highest BCUT2D eigenvalue weighted by Gasteiger charge is 2.37. The Morgan fingerprint density at radius 3 is 2.39 bits per heavy atom. The topological polar surface area (TPSA) is 90.8 Å². The summed E-state index contributed by atoms with van der Waals surface area (Å²) in [6.45, 7) is 5.55. The van der Waals surface area contributed by atoms with Gasteiger partial charge in [-0.1, -0.05) is 0 Å². The fourth-order valence-corrected chi connectivity index (χ4v) is 6.20. The van der Waals surface area contributed by atoms with Crippen molar-refractivity contribution in [3.05, 3.63) is 62.1 Å². The quantitative estimate of drug-likeness (QED) is 0.371. The maximum atomic E-state index is 15.8. The van der Waals surface area contributed by atoms with E-state index in [4.69, 9.17) is 0 Å². The molecule has 1 aromatic carbocycles. The van der Waals surface area contributed by atoms with Gasteiger partial charge in [-0.2, -0.15) is 13.2 Å². The predicted molar refractivity (Wildman–Crippen MR) is 161 cm³/mol. The van der Waals surface area contributed by atoms with E-state index in [1.54, 1.807) is 11.9 Å². The lowest BCUT2D eigenvalue weighted by atomic mass is 10.0. The molecule has 1 saturated heterocycles. The third-order valence-corrected chi connectivity index (χ3v) is 9.18. The van der Waals surface area contributed by atoms with Crippen LogP contribution in [0.3, 0.4) is 0 Å². The molecule has 2 aliphatic rings. The van der Waals surface area contributed by atoms with Gasteiger partial charge < -0.3 is 19.7 Å². The number of amides is 2. The fraction of sp³-hybridized carbons (Fsp3) is 0.467. The molecule has 2 aromatic heterocycles. The van der Waals surface area contributed by atoms with Crippen LogP contribution < -0.4 is 15.8 Å². The largest absolute Gasteiger partial charge is 0.417 e. The average Bonchev–Trinajstić information content (AvgIpc) is 3.63. The summed E-state index contributed by atoms with van der Waals surface area (Å²) in [7, 11) is 4.91. The zero-order valence-electron chi connectivity index (χ0n) is 25.0. The molecule has 44 heavy (non-hydrogen) atoms. The van der Waals surface area contributed by atoms with Gasteiger partial charge in [-0.05, 0) is 45.7 Å². The second-order valence-corrected chi connectivity index (χ2v) is 12.6. The second kappa shape index (κ2) is 12.0. The Kier molecular flexibility index (Phi) is 8.60. The molecule has 1 aliphatic heterocycles. The number of aromatic nitrogens is 2. The number of carbonyl (C=O) groups excluding carboxylic acids is 2. The summed E-state index contributed by atoms with van der Waals surface area (Å²) in [5.74, 6) is -1.58. The number of likely N-dealkylation sites (N-methyl/N-ethyl adjacent to an activating group) is 1. The Hall–Kier alpha value is -3.78. The van der Waals surface area contributed by atoms with E-state index in [2.05, 4.69) is 15.2 Å². The van der Waals surface area contributed by atoms with Crippen LogP contribution in [-0.2, 0) is 13.2 Å². The number of rotatable bonds is 7. The fourth-order valence-electron chi connectivity index (χ4n) is 5.39. The van der Waals surface area contributed by atoms with Gasteiger partial charge in [0.05, 0.1) is 28.2 Å². The number of benzene rings is 1. The first-order valence-corrected chi connectivity index (χ1v) is 15.1. The number of carbonyl (C=O) groups is 2. The minimum Gasteiger partial charge on any atom is -0.367 e. The molecule has 14 heteroatoms. The van der Waals surface area contributed by atoms with Crippen LogP contribution in [0.15, 0.2) is 34.6 Å². The molecule has 1 aliphatic carbocycles. The monoisotopic (exact) mass is 634 g/mol. The van der Waals surface area contributed by atoms with E-state index >= 15 is 4.39 Å². The molecule has 0 unspecified atom stereocenters. The summed E-state index contributed by atoms with van der Waals surface area (Å²) in [6.07, 6.45) is -1.99. The van der Waals surface area contributed by atoms with E-state index in [0.29, 0.717) is 37.3 Å². The summed E-state index contributed by atoms with van der Waals surface area (Å²) in [6, 6.07) is 3.07. The first-order chi connectivity index (χ1) is 20.6. The molecule has 2 atom stereocenters. The van der Waals surface area contributed by atoms with E-state index in [-0.39, 0.29) is 39.9 Å². The van der Waals surface area contributed by atoms with Crippen LogP contribution in [0, 0.1) is 11.7 Å². The van der Waals surface area contributed by atoms with Crippen molar-refractivity contribution in [2.45, 2.75) is 44.9 Å². The molecule has 1 N–H and O–H groups in total. The lowest BCUT2D eigenvalue weighted by Crippen LogP contribution is -2.55. The first-order valence-electron chi connectivity index (χ1n) is 14.2. The van der Waals surface area contributed by atoms with Crippen LogP contribution in [0.5, 0.6) is 0 Å². The molecule has 0 radical (unpaired) electrons.